The molecule has 0 radical (unpaired) electrons. The van der Waals surface area contributed by atoms with E-state index < -0.39 is 11.2 Å². The maximum Gasteiger partial charge on any atom is 0.328 e. The summed E-state index contributed by atoms with van der Waals surface area (Å²) < 4.78 is 19.8. The highest BCUT2D eigenvalue weighted by Crippen LogP contribution is 2.22. The summed E-state index contributed by atoms with van der Waals surface area (Å²) in [6.45, 7) is 0.928. The number of hydrogen-bond donors (Lipinski definition) is 1. The molecule has 0 bridgehead atoms. The number of aromatic nitrogens is 2. The zero-order valence-electron chi connectivity index (χ0n) is 12.8. The molecule has 0 unspecified atom stereocenters. The number of nitrogens with one attached hydrogen (secondary N) is 1. The Balaban J connectivity index is 1.69. The third-order valence-corrected chi connectivity index (χ3v) is 3.86. The Bertz CT molecular complexity index is 843. The van der Waals surface area contributed by atoms with Gasteiger partial charge in [-0.15, -0.1) is 0 Å². The van der Waals surface area contributed by atoms with E-state index in [9.17, 15) is 18.8 Å². The summed E-state index contributed by atoms with van der Waals surface area (Å²) in [4.78, 5) is 38.8. The van der Waals surface area contributed by atoms with Crippen molar-refractivity contribution in [3.63, 3.8) is 0 Å². The van der Waals surface area contributed by atoms with E-state index in [-0.39, 0.29) is 24.4 Å². The van der Waals surface area contributed by atoms with Crippen LogP contribution >= 0.6 is 0 Å². The lowest BCUT2D eigenvalue weighted by Gasteiger charge is -2.33. The summed E-state index contributed by atoms with van der Waals surface area (Å²) in [7, 11) is 0. The van der Waals surface area contributed by atoms with Crippen molar-refractivity contribution in [1.29, 1.82) is 0 Å². The first-order valence-electron chi connectivity index (χ1n) is 7.47. The highest BCUT2D eigenvalue weighted by molar-refractivity contribution is 5.76. The molecule has 0 saturated carbocycles. The van der Waals surface area contributed by atoms with Crippen LogP contribution in [-0.4, -0.2) is 40.1 Å². The standard InChI is InChI=1S/C16H16FN3O4/c17-12-3-1-11(2-4-12)13-9-19(7-8-24-13)15(22)10-20-6-5-14(21)18-16(20)23/h1-6,13H,7-10H2,(H,18,21,23)/t13-/m0/s1. The summed E-state index contributed by atoms with van der Waals surface area (Å²) in [5.74, 6) is -0.584. The monoisotopic (exact) mass is 333 g/mol. The van der Waals surface area contributed by atoms with E-state index in [0.29, 0.717) is 19.7 Å². The minimum atomic E-state index is -0.626. The van der Waals surface area contributed by atoms with Crippen LogP contribution in [0, 0.1) is 5.82 Å². The van der Waals surface area contributed by atoms with Gasteiger partial charge in [-0.05, 0) is 17.7 Å². The maximum absolute atomic E-state index is 13.0. The zero-order valence-corrected chi connectivity index (χ0v) is 12.8. The van der Waals surface area contributed by atoms with Crippen molar-refractivity contribution < 1.29 is 13.9 Å². The van der Waals surface area contributed by atoms with Crippen molar-refractivity contribution in [2.45, 2.75) is 12.6 Å². The Morgan fingerprint density at radius 3 is 2.71 bits per heavy atom. The van der Waals surface area contributed by atoms with Crippen molar-refractivity contribution >= 4 is 5.91 Å². The Kier molecular flexibility index (Phi) is 4.57. The van der Waals surface area contributed by atoms with Crippen LogP contribution in [-0.2, 0) is 16.1 Å². The van der Waals surface area contributed by atoms with E-state index in [1.54, 1.807) is 17.0 Å². The Morgan fingerprint density at radius 2 is 2.00 bits per heavy atom. The van der Waals surface area contributed by atoms with Crippen LogP contribution in [0.1, 0.15) is 11.7 Å². The molecule has 7 nitrogen and oxygen atoms in total. The summed E-state index contributed by atoms with van der Waals surface area (Å²) >= 11 is 0. The number of ether oxygens (including phenoxy) is 1. The second kappa shape index (κ2) is 6.79. The first kappa shape index (κ1) is 16.1. The molecule has 1 fully saturated rings. The molecule has 2 aromatic rings. The lowest BCUT2D eigenvalue weighted by molar-refractivity contribution is -0.139. The molecular formula is C16H16FN3O4. The number of aromatic amines is 1. The van der Waals surface area contributed by atoms with Gasteiger partial charge in [0.25, 0.3) is 5.56 Å². The second-order valence-electron chi connectivity index (χ2n) is 5.49. The van der Waals surface area contributed by atoms with Crippen LogP contribution in [0.3, 0.4) is 0 Å². The minimum absolute atomic E-state index is 0.161. The fraction of sp³-hybridized carbons (Fsp3) is 0.312. The van der Waals surface area contributed by atoms with Gasteiger partial charge in [-0.3, -0.25) is 19.1 Å². The molecule has 3 rings (SSSR count). The largest absolute Gasteiger partial charge is 0.370 e. The molecule has 1 N–H and O–H groups in total. The van der Waals surface area contributed by atoms with Gasteiger partial charge in [0.05, 0.1) is 13.2 Å². The molecule has 1 atom stereocenters. The number of nitrogens with zero attached hydrogens (tertiary/aromatic N) is 2. The molecule has 0 aliphatic carbocycles. The molecule has 1 amide bonds. The predicted molar refractivity (Wildman–Crippen MR) is 83.0 cm³/mol. The zero-order chi connectivity index (χ0) is 17.1. The average molecular weight is 333 g/mol. The summed E-state index contributed by atoms with van der Waals surface area (Å²) in [5.41, 5.74) is -0.347. The van der Waals surface area contributed by atoms with Gasteiger partial charge in [-0.1, -0.05) is 12.1 Å². The molecule has 1 aromatic heterocycles. The molecule has 1 aliphatic rings. The molecule has 24 heavy (non-hydrogen) atoms. The molecule has 126 valence electrons. The Labute approximate surface area is 136 Å². The lowest BCUT2D eigenvalue weighted by Crippen LogP contribution is -2.45. The first-order chi connectivity index (χ1) is 11.5. The number of hydrogen-bond acceptors (Lipinski definition) is 4. The van der Waals surface area contributed by atoms with Gasteiger partial charge >= 0.3 is 5.69 Å². The minimum Gasteiger partial charge on any atom is -0.370 e. The Morgan fingerprint density at radius 1 is 1.25 bits per heavy atom. The summed E-state index contributed by atoms with van der Waals surface area (Å²) in [6.07, 6.45) is 0.951. The number of morpholine rings is 1. The van der Waals surface area contributed by atoms with E-state index in [2.05, 4.69) is 4.98 Å². The van der Waals surface area contributed by atoms with Gasteiger partial charge in [-0.25, -0.2) is 9.18 Å². The molecule has 8 heteroatoms. The quantitative estimate of drug-likeness (QED) is 0.874. The van der Waals surface area contributed by atoms with Crippen LogP contribution in [0.15, 0.2) is 46.1 Å². The number of halogens is 1. The van der Waals surface area contributed by atoms with Gasteiger partial charge in [0, 0.05) is 18.8 Å². The van der Waals surface area contributed by atoms with Crippen LogP contribution in [0.25, 0.3) is 0 Å². The van der Waals surface area contributed by atoms with E-state index in [1.165, 1.54) is 24.4 Å². The van der Waals surface area contributed by atoms with Crippen molar-refractivity contribution in [2.24, 2.45) is 0 Å². The fourth-order valence-electron chi connectivity index (χ4n) is 2.57. The fourth-order valence-corrected chi connectivity index (χ4v) is 2.57. The van der Waals surface area contributed by atoms with Gasteiger partial charge in [0.1, 0.15) is 18.5 Å². The Hall–Kier alpha value is -2.74. The molecular weight excluding hydrogens is 317 g/mol. The number of rotatable bonds is 3. The van der Waals surface area contributed by atoms with E-state index in [1.807, 2.05) is 0 Å². The van der Waals surface area contributed by atoms with Crippen LogP contribution in [0.4, 0.5) is 4.39 Å². The number of carbonyl (C=O) groups excluding carboxylic acids is 1. The summed E-state index contributed by atoms with van der Waals surface area (Å²) in [5, 5.41) is 0. The summed E-state index contributed by atoms with van der Waals surface area (Å²) in [6, 6.07) is 7.13. The van der Waals surface area contributed by atoms with E-state index in [0.717, 1.165) is 10.1 Å². The highest BCUT2D eigenvalue weighted by atomic mass is 19.1. The average Bonchev–Trinajstić information content (AvgIpc) is 2.58. The topological polar surface area (TPSA) is 84.4 Å². The molecule has 2 heterocycles. The third kappa shape index (κ3) is 3.60. The molecule has 1 aromatic carbocycles. The number of amides is 1. The van der Waals surface area contributed by atoms with Crippen LogP contribution in [0.2, 0.25) is 0 Å². The van der Waals surface area contributed by atoms with Crippen molar-refractivity contribution in [3.8, 4) is 0 Å². The van der Waals surface area contributed by atoms with Crippen LogP contribution in [0.5, 0.6) is 0 Å². The van der Waals surface area contributed by atoms with E-state index in [4.69, 9.17) is 4.74 Å². The third-order valence-electron chi connectivity index (χ3n) is 3.86. The van der Waals surface area contributed by atoms with Crippen molar-refractivity contribution in [1.82, 2.24) is 14.5 Å². The number of H-pyrrole nitrogens is 1. The molecule has 1 saturated heterocycles. The van der Waals surface area contributed by atoms with Gasteiger partial charge in [0.15, 0.2) is 0 Å². The number of benzene rings is 1. The predicted octanol–water partition coefficient (Wildman–Crippen LogP) is 0.276. The second-order valence-corrected chi connectivity index (χ2v) is 5.49. The smallest absolute Gasteiger partial charge is 0.328 e. The number of carbonyl (C=O) groups is 1. The van der Waals surface area contributed by atoms with Gasteiger partial charge < -0.3 is 9.64 Å². The first-order valence-corrected chi connectivity index (χ1v) is 7.47. The van der Waals surface area contributed by atoms with Crippen molar-refractivity contribution in [3.05, 3.63) is 68.7 Å². The highest BCUT2D eigenvalue weighted by Gasteiger charge is 2.25. The maximum atomic E-state index is 13.0. The molecule has 1 aliphatic heterocycles. The SMILES string of the molecule is O=C(Cn1ccc(=O)[nH]c1=O)N1CCO[C@H](c2ccc(F)cc2)C1. The van der Waals surface area contributed by atoms with Gasteiger partial charge in [-0.2, -0.15) is 0 Å². The van der Waals surface area contributed by atoms with Crippen LogP contribution < -0.4 is 11.2 Å². The van der Waals surface area contributed by atoms with Crippen molar-refractivity contribution in [2.75, 3.05) is 19.7 Å². The van der Waals surface area contributed by atoms with Gasteiger partial charge in [0.2, 0.25) is 5.91 Å². The normalized spacial score (nSPS) is 17.7. The van der Waals surface area contributed by atoms with E-state index >= 15 is 0 Å². The molecule has 0 spiro atoms. The lowest BCUT2D eigenvalue weighted by atomic mass is 10.1.